The lowest BCUT2D eigenvalue weighted by molar-refractivity contribution is -0.166. The molecule has 0 aromatic heterocycles. The maximum absolute atomic E-state index is 12.8. The van der Waals surface area contributed by atoms with E-state index < -0.39 is 29.0 Å². The first-order chi connectivity index (χ1) is 11.7. The number of esters is 1. The third-order valence-electron chi connectivity index (χ3n) is 4.61. The Morgan fingerprint density at radius 2 is 1.96 bits per heavy atom. The number of hydrogen-bond donors (Lipinski definition) is 2. The number of hydrogen-bond acceptors (Lipinski definition) is 7. The van der Waals surface area contributed by atoms with Gasteiger partial charge in [-0.2, -0.15) is 0 Å². The van der Waals surface area contributed by atoms with Crippen molar-refractivity contribution in [3.8, 4) is 0 Å². The van der Waals surface area contributed by atoms with E-state index in [0.29, 0.717) is 0 Å². The fourth-order valence-corrected chi connectivity index (χ4v) is 3.50. The van der Waals surface area contributed by atoms with E-state index in [0.717, 1.165) is 0 Å². The molecule has 0 radical (unpaired) electrons. The minimum Gasteiger partial charge on any atom is -0.463 e. The summed E-state index contributed by atoms with van der Waals surface area (Å²) in [7, 11) is 0. The summed E-state index contributed by atoms with van der Waals surface area (Å²) in [6.45, 7) is 5.38. The third kappa shape index (κ3) is 2.42. The average molecular weight is 347 g/mol. The Bertz CT molecular complexity index is 758. The number of aliphatic imine (C=N–C) groups is 1. The standard InChI is InChI=1S/C18H21NO6/c1-10(2)24-8-9-25-16(21)14-11(3)19-18(23)13-7-5-4-6-12(13)15(20)17(14,18)22/h4-7,10,14,22-23H,8-9H2,1-3H3/t14?,17-,18+/m1/s1. The Balaban J connectivity index is 1.88. The van der Waals surface area contributed by atoms with Gasteiger partial charge < -0.3 is 19.7 Å². The second kappa shape index (κ2) is 6.01. The van der Waals surface area contributed by atoms with Crippen LogP contribution >= 0.6 is 0 Å². The molecule has 1 aliphatic heterocycles. The molecule has 0 saturated carbocycles. The summed E-state index contributed by atoms with van der Waals surface area (Å²) in [5.74, 6) is -2.91. The van der Waals surface area contributed by atoms with Gasteiger partial charge in [0, 0.05) is 16.8 Å². The number of fused-ring (bicyclic) bond motifs is 3. The van der Waals surface area contributed by atoms with Crippen LogP contribution in [0.4, 0.5) is 0 Å². The molecule has 0 bridgehead atoms. The lowest BCUT2D eigenvalue weighted by Gasteiger charge is -2.31. The molecular weight excluding hydrogens is 326 g/mol. The molecule has 1 aromatic carbocycles. The summed E-state index contributed by atoms with van der Waals surface area (Å²) in [6.07, 6.45) is -0.00587. The molecule has 2 N–H and O–H groups in total. The first-order valence-corrected chi connectivity index (χ1v) is 8.17. The van der Waals surface area contributed by atoms with Crippen LogP contribution in [-0.4, -0.2) is 52.6 Å². The molecule has 7 nitrogen and oxygen atoms in total. The van der Waals surface area contributed by atoms with E-state index in [1.54, 1.807) is 12.1 Å². The number of carbonyl (C=O) groups excluding carboxylic acids is 2. The van der Waals surface area contributed by atoms with E-state index in [2.05, 4.69) is 4.99 Å². The Kier molecular flexibility index (Phi) is 4.26. The van der Waals surface area contributed by atoms with Crippen molar-refractivity contribution < 1.29 is 29.3 Å². The van der Waals surface area contributed by atoms with Gasteiger partial charge in [-0.05, 0) is 20.8 Å². The summed E-state index contributed by atoms with van der Waals surface area (Å²) >= 11 is 0. The normalized spacial score (nSPS) is 30.2. The molecule has 1 unspecified atom stereocenters. The average Bonchev–Trinajstić information content (AvgIpc) is 2.86. The third-order valence-corrected chi connectivity index (χ3v) is 4.61. The maximum Gasteiger partial charge on any atom is 0.318 e. The first kappa shape index (κ1) is 17.7. The maximum atomic E-state index is 12.8. The molecule has 3 rings (SSSR count). The van der Waals surface area contributed by atoms with Crippen LogP contribution in [0.2, 0.25) is 0 Å². The molecular formula is C18H21NO6. The van der Waals surface area contributed by atoms with Crippen LogP contribution in [0, 0.1) is 5.92 Å². The molecule has 25 heavy (non-hydrogen) atoms. The fraction of sp³-hybridized carbons (Fsp3) is 0.500. The van der Waals surface area contributed by atoms with Crippen LogP contribution in [0.1, 0.15) is 36.7 Å². The highest BCUT2D eigenvalue weighted by atomic mass is 16.6. The van der Waals surface area contributed by atoms with Crippen molar-refractivity contribution in [3.63, 3.8) is 0 Å². The van der Waals surface area contributed by atoms with Gasteiger partial charge >= 0.3 is 5.97 Å². The molecule has 1 aromatic rings. The molecule has 7 heteroatoms. The largest absolute Gasteiger partial charge is 0.463 e. The lowest BCUT2D eigenvalue weighted by Crippen LogP contribution is -2.56. The van der Waals surface area contributed by atoms with Crippen LogP contribution < -0.4 is 0 Å². The van der Waals surface area contributed by atoms with E-state index in [-0.39, 0.29) is 36.2 Å². The predicted molar refractivity (Wildman–Crippen MR) is 88.3 cm³/mol. The van der Waals surface area contributed by atoms with Crippen molar-refractivity contribution in [3.05, 3.63) is 35.4 Å². The fourth-order valence-electron chi connectivity index (χ4n) is 3.50. The second-order valence-corrected chi connectivity index (χ2v) is 6.59. The monoisotopic (exact) mass is 347 g/mol. The van der Waals surface area contributed by atoms with Crippen molar-refractivity contribution in [2.24, 2.45) is 10.9 Å². The number of ether oxygens (including phenoxy) is 2. The second-order valence-electron chi connectivity index (χ2n) is 6.59. The quantitative estimate of drug-likeness (QED) is 0.603. The summed E-state index contributed by atoms with van der Waals surface area (Å²) in [5.41, 5.74) is -4.06. The summed E-state index contributed by atoms with van der Waals surface area (Å²) in [5, 5.41) is 22.0. The topological polar surface area (TPSA) is 105 Å². The minimum absolute atomic E-state index is 0.00587. The van der Waals surface area contributed by atoms with Gasteiger partial charge in [0.05, 0.1) is 12.7 Å². The zero-order valence-electron chi connectivity index (χ0n) is 14.4. The molecule has 0 amide bonds. The number of ketones is 1. The molecule has 3 atom stereocenters. The van der Waals surface area contributed by atoms with Gasteiger partial charge in [0.25, 0.3) is 0 Å². The van der Waals surface area contributed by atoms with Gasteiger partial charge in [0.15, 0.2) is 5.60 Å². The lowest BCUT2D eigenvalue weighted by atomic mass is 9.79. The number of Topliss-reactive ketones (excluding diaryl/α,β-unsaturated/α-hetero) is 1. The van der Waals surface area contributed by atoms with Crippen LogP contribution in [0.5, 0.6) is 0 Å². The zero-order chi connectivity index (χ0) is 18.4. The van der Waals surface area contributed by atoms with Crippen molar-refractivity contribution in [1.82, 2.24) is 0 Å². The molecule has 1 heterocycles. The molecule has 1 aliphatic carbocycles. The Hall–Kier alpha value is -2.09. The van der Waals surface area contributed by atoms with Gasteiger partial charge in [0.2, 0.25) is 11.5 Å². The van der Waals surface area contributed by atoms with E-state index in [1.807, 2.05) is 13.8 Å². The van der Waals surface area contributed by atoms with Gasteiger partial charge in [0.1, 0.15) is 12.5 Å². The van der Waals surface area contributed by atoms with Crippen molar-refractivity contribution in [1.29, 1.82) is 0 Å². The van der Waals surface area contributed by atoms with Crippen LogP contribution in [0.25, 0.3) is 0 Å². The molecule has 0 fully saturated rings. The van der Waals surface area contributed by atoms with Crippen LogP contribution in [0.15, 0.2) is 29.3 Å². The van der Waals surface area contributed by atoms with Gasteiger partial charge in [-0.1, -0.05) is 24.3 Å². The highest BCUT2D eigenvalue weighted by molar-refractivity contribution is 6.18. The van der Waals surface area contributed by atoms with Crippen molar-refractivity contribution in [2.45, 2.75) is 38.2 Å². The summed E-state index contributed by atoms with van der Waals surface area (Å²) in [4.78, 5) is 29.3. The van der Waals surface area contributed by atoms with E-state index in [4.69, 9.17) is 9.47 Å². The molecule has 0 saturated heterocycles. The van der Waals surface area contributed by atoms with Crippen LogP contribution in [-0.2, 0) is 20.0 Å². The Morgan fingerprint density at radius 1 is 1.28 bits per heavy atom. The van der Waals surface area contributed by atoms with E-state index in [9.17, 15) is 19.8 Å². The van der Waals surface area contributed by atoms with Crippen LogP contribution in [0.3, 0.4) is 0 Å². The predicted octanol–water partition coefficient (Wildman–Crippen LogP) is 0.818. The highest BCUT2D eigenvalue weighted by Crippen LogP contribution is 2.53. The molecule has 134 valence electrons. The van der Waals surface area contributed by atoms with Crippen molar-refractivity contribution in [2.75, 3.05) is 13.2 Å². The number of carbonyl (C=O) groups is 2. The summed E-state index contributed by atoms with van der Waals surface area (Å²) in [6, 6.07) is 6.27. The SMILES string of the molecule is CC1=N[C@]2(O)c3ccccc3C(=O)[C@]2(O)C1C(=O)OCCOC(C)C. The van der Waals surface area contributed by atoms with Crippen molar-refractivity contribution >= 4 is 17.5 Å². The van der Waals surface area contributed by atoms with Gasteiger partial charge in [-0.3, -0.25) is 14.6 Å². The number of rotatable bonds is 5. The van der Waals surface area contributed by atoms with E-state index in [1.165, 1.54) is 19.1 Å². The van der Waals surface area contributed by atoms with Gasteiger partial charge in [-0.25, -0.2) is 0 Å². The minimum atomic E-state index is -2.39. The first-order valence-electron chi connectivity index (χ1n) is 8.17. The summed E-state index contributed by atoms with van der Waals surface area (Å²) < 4.78 is 10.4. The van der Waals surface area contributed by atoms with E-state index >= 15 is 0 Å². The number of benzene rings is 1. The number of nitrogens with zero attached hydrogens (tertiary/aromatic N) is 1. The van der Waals surface area contributed by atoms with Gasteiger partial charge in [-0.15, -0.1) is 0 Å². The molecule has 2 aliphatic rings. The smallest absolute Gasteiger partial charge is 0.318 e. The Labute approximate surface area is 145 Å². The zero-order valence-corrected chi connectivity index (χ0v) is 14.4. The molecule has 0 spiro atoms. The number of aliphatic hydroxyl groups is 2. The Morgan fingerprint density at radius 3 is 2.64 bits per heavy atom. The highest BCUT2D eigenvalue weighted by Gasteiger charge is 2.72.